The topological polar surface area (TPSA) is 110 Å². The Bertz CT molecular complexity index is 556. The molecular formula is C13H16FNO5. The summed E-state index contributed by atoms with van der Waals surface area (Å²) < 4.78 is 18.1. The van der Waals surface area contributed by atoms with Crippen LogP contribution in [0.4, 0.5) is 4.39 Å². The molecule has 20 heavy (non-hydrogen) atoms. The fourth-order valence-electron chi connectivity index (χ4n) is 1.76. The molecule has 0 aliphatic rings. The summed E-state index contributed by atoms with van der Waals surface area (Å²) in [5.41, 5.74) is 4.06. The number of esters is 1. The lowest BCUT2D eigenvalue weighted by Crippen LogP contribution is -2.37. The normalized spacial score (nSPS) is 12.8. The maximum atomic E-state index is 13.5. The quantitative estimate of drug-likeness (QED) is 0.722. The first-order valence-corrected chi connectivity index (χ1v) is 5.72. The molecule has 0 saturated heterocycles. The van der Waals surface area contributed by atoms with Crippen molar-refractivity contribution < 1.29 is 28.9 Å². The predicted molar refractivity (Wildman–Crippen MR) is 67.7 cm³/mol. The van der Waals surface area contributed by atoms with Crippen molar-refractivity contribution in [2.24, 2.45) is 11.1 Å². The molecule has 0 amide bonds. The molecule has 0 fully saturated rings. The van der Waals surface area contributed by atoms with E-state index in [0.717, 1.165) is 6.07 Å². The predicted octanol–water partition coefficient (Wildman–Crippen LogP) is 1.43. The second kappa shape index (κ2) is 5.46. The number of carbonyl (C=O) groups excluding carboxylic acids is 1. The number of carboxylic acid groups (broad SMARTS) is 1. The van der Waals surface area contributed by atoms with Crippen LogP contribution in [0.3, 0.4) is 0 Å². The summed E-state index contributed by atoms with van der Waals surface area (Å²) in [6.07, 6.45) is 0. The maximum Gasteiger partial charge on any atom is 0.335 e. The zero-order valence-electron chi connectivity index (χ0n) is 11.3. The third kappa shape index (κ3) is 2.72. The van der Waals surface area contributed by atoms with Crippen molar-refractivity contribution in [2.75, 3.05) is 7.11 Å². The van der Waals surface area contributed by atoms with Crippen LogP contribution in [0.2, 0.25) is 0 Å². The Morgan fingerprint density at radius 1 is 1.40 bits per heavy atom. The lowest BCUT2D eigenvalue weighted by atomic mass is 9.80. The van der Waals surface area contributed by atoms with Gasteiger partial charge in [0.15, 0.2) is 11.6 Å². The average molecular weight is 285 g/mol. The molecule has 0 unspecified atom stereocenters. The number of aromatic hydroxyl groups is 1. The number of carboxylic acids is 1. The van der Waals surface area contributed by atoms with E-state index < -0.39 is 35.0 Å². The van der Waals surface area contributed by atoms with Gasteiger partial charge in [-0.15, -0.1) is 0 Å². The van der Waals surface area contributed by atoms with Gasteiger partial charge in [0.25, 0.3) is 0 Å². The lowest BCUT2D eigenvalue weighted by molar-refractivity contribution is -0.152. The van der Waals surface area contributed by atoms with Gasteiger partial charge in [0, 0.05) is 11.6 Å². The molecule has 0 aliphatic carbocycles. The van der Waals surface area contributed by atoms with Crippen molar-refractivity contribution in [3.63, 3.8) is 0 Å². The van der Waals surface area contributed by atoms with E-state index in [4.69, 9.17) is 10.8 Å². The number of hydrogen-bond acceptors (Lipinski definition) is 5. The lowest BCUT2D eigenvalue weighted by Gasteiger charge is -2.29. The van der Waals surface area contributed by atoms with Crippen molar-refractivity contribution in [2.45, 2.75) is 19.9 Å². The van der Waals surface area contributed by atoms with Crippen molar-refractivity contribution in [3.8, 4) is 5.75 Å². The summed E-state index contributed by atoms with van der Waals surface area (Å²) in [5.74, 6) is -3.92. The van der Waals surface area contributed by atoms with E-state index in [1.807, 2.05) is 0 Å². The zero-order valence-corrected chi connectivity index (χ0v) is 11.3. The minimum Gasteiger partial charge on any atom is -0.505 e. The first-order chi connectivity index (χ1) is 9.12. The Hall–Kier alpha value is -2.15. The van der Waals surface area contributed by atoms with E-state index >= 15 is 0 Å². The van der Waals surface area contributed by atoms with Gasteiger partial charge >= 0.3 is 11.9 Å². The van der Waals surface area contributed by atoms with Crippen molar-refractivity contribution in [1.82, 2.24) is 0 Å². The number of methoxy groups -OCH3 is 1. The highest BCUT2D eigenvalue weighted by atomic mass is 19.1. The van der Waals surface area contributed by atoms with Crippen LogP contribution >= 0.6 is 0 Å². The van der Waals surface area contributed by atoms with Crippen LogP contribution in [-0.4, -0.2) is 29.3 Å². The van der Waals surface area contributed by atoms with Gasteiger partial charge in [-0.1, -0.05) is 0 Å². The van der Waals surface area contributed by atoms with Crippen LogP contribution in [0.15, 0.2) is 12.1 Å². The smallest absolute Gasteiger partial charge is 0.335 e. The molecule has 4 N–H and O–H groups in total. The van der Waals surface area contributed by atoms with E-state index in [1.54, 1.807) is 0 Å². The summed E-state index contributed by atoms with van der Waals surface area (Å²) in [5, 5.41) is 18.6. The maximum absolute atomic E-state index is 13.5. The van der Waals surface area contributed by atoms with Gasteiger partial charge in [-0.3, -0.25) is 4.79 Å². The molecule has 7 heteroatoms. The number of benzene rings is 1. The van der Waals surface area contributed by atoms with Gasteiger partial charge in [0.2, 0.25) is 0 Å². The van der Waals surface area contributed by atoms with Gasteiger partial charge in [-0.2, -0.15) is 0 Å². The minimum absolute atomic E-state index is 0.169. The SMILES string of the molecule is COC(=O)C(C)(C)[C@H](N)c1cc(C(=O)O)cc(F)c1O. The molecule has 0 saturated carbocycles. The molecule has 1 atom stereocenters. The largest absolute Gasteiger partial charge is 0.505 e. The number of ether oxygens (including phenoxy) is 1. The molecule has 0 aromatic heterocycles. The molecule has 6 nitrogen and oxygen atoms in total. The highest BCUT2D eigenvalue weighted by molar-refractivity contribution is 5.88. The third-order valence-electron chi connectivity index (χ3n) is 3.16. The number of aromatic carboxylic acids is 1. The Balaban J connectivity index is 3.38. The van der Waals surface area contributed by atoms with Gasteiger partial charge in [0.05, 0.1) is 18.1 Å². The van der Waals surface area contributed by atoms with Crippen LogP contribution in [0.1, 0.15) is 35.8 Å². The van der Waals surface area contributed by atoms with Crippen molar-refractivity contribution in [3.05, 3.63) is 29.1 Å². The molecule has 0 spiro atoms. The third-order valence-corrected chi connectivity index (χ3v) is 3.16. The molecule has 0 bridgehead atoms. The number of nitrogens with two attached hydrogens (primary N) is 1. The molecule has 0 aliphatic heterocycles. The van der Waals surface area contributed by atoms with Crippen molar-refractivity contribution >= 4 is 11.9 Å². The average Bonchev–Trinajstić information content (AvgIpc) is 2.39. The number of halogens is 1. The first kappa shape index (κ1) is 15.9. The second-order valence-electron chi connectivity index (χ2n) is 4.89. The Labute approximate surface area is 115 Å². The fourth-order valence-corrected chi connectivity index (χ4v) is 1.76. The van der Waals surface area contributed by atoms with E-state index in [1.165, 1.54) is 21.0 Å². The molecular weight excluding hydrogens is 269 g/mol. The van der Waals surface area contributed by atoms with Crippen LogP contribution < -0.4 is 5.73 Å². The molecule has 1 rings (SSSR count). The fraction of sp³-hybridized carbons (Fsp3) is 0.385. The summed E-state index contributed by atoms with van der Waals surface area (Å²) >= 11 is 0. The number of phenols is 1. The van der Waals surface area contributed by atoms with E-state index in [2.05, 4.69) is 4.74 Å². The van der Waals surface area contributed by atoms with E-state index in [-0.39, 0.29) is 11.1 Å². The monoisotopic (exact) mass is 285 g/mol. The molecule has 110 valence electrons. The minimum atomic E-state index is -1.37. The van der Waals surface area contributed by atoms with Crippen LogP contribution in [0.25, 0.3) is 0 Å². The van der Waals surface area contributed by atoms with Crippen LogP contribution in [0.5, 0.6) is 5.75 Å². The highest BCUT2D eigenvalue weighted by Crippen LogP contribution is 2.38. The van der Waals surface area contributed by atoms with Crippen LogP contribution in [-0.2, 0) is 9.53 Å². The van der Waals surface area contributed by atoms with Gasteiger partial charge in [0.1, 0.15) is 0 Å². The Morgan fingerprint density at radius 3 is 2.40 bits per heavy atom. The molecule has 0 heterocycles. The molecule has 1 aromatic rings. The number of rotatable bonds is 4. The Kier molecular flexibility index (Phi) is 4.34. The zero-order chi connectivity index (χ0) is 15.7. The molecule has 0 radical (unpaired) electrons. The summed E-state index contributed by atoms with van der Waals surface area (Å²) in [6, 6.07) is 0.582. The number of phenolic OH excluding ortho intramolecular Hbond substituents is 1. The second-order valence-corrected chi connectivity index (χ2v) is 4.89. The van der Waals surface area contributed by atoms with E-state index in [0.29, 0.717) is 6.07 Å². The van der Waals surface area contributed by atoms with Crippen LogP contribution in [0, 0.1) is 11.2 Å². The van der Waals surface area contributed by atoms with Gasteiger partial charge in [-0.25, -0.2) is 9.18 Å². The highest BCUT2D eigenvalue weighted by Gasteiger charge is 2.38. The first-order valence-electron chi connectivity index (χ1n) is 5.72. The summed E-state index contributed by atoms with van der Waals surface area (Å²) in [6.45, 7) is 2.91. The standard InChI is InChI=1S/C13H16FNO5/c1-13(2,12(19)20-3)10(15)7-4-6(11(17)18)5-8(14)9(7)16/h4-5,10,16H,15H2,1-3H3,(H,17,18)/t10-/m1/s1. The van der Waals surface area contributed by atoms with E-state index in [9.17, 15) is 19.1 Å². The summed E-state index contributed by atoms with van der Waals surface area (Å²) in [4.78, 5) is 22.6. The Morgan fingerprint density at radius 2 is 1.95 bits per heavy atom. The molecule has 1 aromatic carbocycles. The summed E-state index contributed by atoms with van der Waals surface area (Å²) in [7, 11) is 1.17. The number of hydrogen-bond donors (Lipinski definition) is 3. The van der Waals surface area contributed by atoms with Crippen molar-refractivity contribution in [1.29, 1.82) is 0 Å². The van der Waals surface area contributed by atoms with Gasteiger partial charge in [-0.05, 0) is 26.0 Å². The number of carbonyl (C=O) groups is 2. The van der Waals surface area contributed by atoms with Gasteiger partial charge < -0.3 is 20.7 Å².